The first-order valence-corrected chi connectivity index (χ1v) is 6.68. The van der Waals surface area contributed by atoms with E-state index in [9.17, 15) is 4.79 Å². The van der Waals surface area contributed by atoms with Crippen molar-refractivity contribution in [2.45, 2.75) is 19.4 Å². The molecule has 1 unspecified atom stereocenters. The van der Waals surface area contributed by atoms with Gasteiger partial charge < -0.3 is 19.7 Å². The van der Waals surface area contributed by atoms with Gasteiger partial charge in [0.15, 0.2) is 0 Å². The minimum atomic E-state index is -0.772. The summed E-state index contributed by atoms with van der Waals surface area (Å²) in [7, 11) is 5.31. The Bertz CT molecular complexity index is 450. The quantitative estimate of drug-likeness (QED) is 0.770. The van der Waals surface area contributed by atoms with E-state index in [2.05, 4.69) is 5.32 Å². The summed E-state index contributed by atoms with van der Waals surface area (Å²) in [5.41, 5.74) is 0.159. The third-order valence-electron chi connectivity index (χ3n) is 3.33. The average molecular weight is 280 g/mol. The summed E-state index contributed by atoms with van der Waals surface area (Å²) in [5, 5.41) is 3.04. The molecule has 1 atom stereocenters. The predicted octanol–water partition coefficient (Wildman–Crippen LogP) is 1.67. The van der Waals surface area contributed by atoms with E-state index in [-0.39, 0.29) is 5.97 Å². The van der Waals surface area contributed by atoms with E-state index < -0.39 is 5.54 Å². The molecule has 0 radical (unpaired) electrons. The van der Waals surface area contributed by atoms with Crippen molar-refractivity contribution < 1.29 is 14.3 Å². The van der Waals surface area contributed by atoms with Crippen LogP contribution in [0.1, 0.15) is 13.8 Å². The van der Waals surface area contributed by atoms with Crippen LogP contribution in [0.4, 0.5) is 5.69 Å². The van der Waals surface area contributed by atoms with E-state index in [1.54, 1.807) is 21.1 Å². The number of nitrogens with one attached hydrogen (secondary N) is 1. The van der Waals surface area contributed by atoms with Gasteiger partial charge in [-0.15, -0.1) is 0 Å². The second-order valence-corrected chi connectivity index (χ2v) is 4.83. The molecule has 0 saturated heterocycles. The summed E-state index contributed by atoms with van der Waals surface area (Å²) in [6, 6.07) is 7.71. The molecular weight excluding hydrogens is 256 g/mol. The molecule has 0 aliphatic carbocycles. The number of hydrogen-bond donors (Lipinski definition) is 1. The molecule has 0 aliphatic heterocycles. The molecule has 0 heterocycles. The van der Waals surface area contributed by atoms with Crippen molar-refractivity contribution in [1.29, 1.82) is 0 Å². The number of para-hydroxylation sites is 2. The normalized spacial score (nSPS) is 13.4. The second-order valence-electron chi connectivity index (χ2n) is 4.83. The van der Waals surface area contributed by atoms with Crippen LogP contribution in [0, 0.1) is 0 Å². The highest BCUT2D eigenvalue weighted by atomic mass is 16.5. The molecule has 0 bridgehead atoms. The Labute approximate surface area is 120 Å². The molecule has 5 heteroatoms. The van der Waals surface area contributed by atoms with E-state index in [1.807, 2.05) is 43.1 Å². The highest BCUT2D eigenvalue weighted by Gasteiger charge is 2.34. The first-order valence-electron chi connectivity index (χ1n) is 6.68. The Balaban J connectivity index is 2.91. The Hall–Kier alpha value is -1.75. The van der Waals surface area contributed by atoms with Crippen molar-refractivity contribution in [3.8, 4) is 5.75 Å². The first kappa shape index (κ1) is 16.3. The van der Waals surface area contributed by atoms with Crippen molar-refractivity contribution in [3.63, 3.8) is 0 Å². The van der Waals surface area contributed by atoms with Crippen molar-refractivity contribution >= 4 is 11.7 Å². The van der Waals surface area contributed by atoms with E-state index in [1.165, 1.54) is 0 Å². The lowest BCUT2D eigenvalue weighted by Crippen LogP contribution is -2.55. The monoisotopic (exact) mass is 280 g/mol. The van der Waals surface area contributed by atoms with Crippen LogP contribution in [0.2, 0.25) is 0 Å². The predicted molar refractivity (Wildman–Crippen MR) is 80.4 cm³/mol. The van der Waals surface area contributed by atoms with Crippen molar-refractivity contribution in [2.75, 3.05) is 39.3 Å². The van der Waals surface area contributed by atoms with Gasteiger partial charge in [0.05, 0.1) is 19.4 Å². The minimum absolute atomic E-state index is 0.260. The number of methoxy groups -OCH3 is 1. The summed E-state index contributed by atoms with van der Waals surface area (Å²) >= 11 is 0. The maximum absolute atomic E-state index is 12.1. The lowest BCUT2D eigenvalue weighted by atomic mass is 10.0. The van der Waals surface area contributed by atoms with E-state index >= 15 is 0 Å². The fraction of sp³-hybridized carbons (Fsp3) is 0.533. The molecule has 0 fully saturated rings. The molecule has 0 spiro atoms. The standard InChI is InChI=1S/C15H24N2O3/c1-6-20-14(18)15(2,16-3)11-17(4)12-9-7-8-10-13(12)19-5/h7-10,16H,6,11H2,1-5H3. The third kappa shape index (κ3) is 3.63. The van der Waals surface area contributed by atoms with Gasteiger partial charge in [0, 0.05) is 13.6 Å². The summed E-state index contributed by atoms with van der Waals surface area (Å²) in [6.07, 6.45) is 0. The largest absolute Gasteiger partial charge is 0.495 e. The van der Waals surface area contributed by atoms with Crippen LogP contribution < -0.4 is 15.0 Å². The topological polar surface area (TPSA) is 50.8 Å². The average Bonchev–Trinajstić information content (AvgIpc) is 2.47. The van der Waals surface area contributed by atoms with Gasteiger partial charge in [-0.3, -0.25) is 0 Å². The highest BCUT2D eigenvalue weighted by molar-refractivity contribution is 5.81. The van der Waals surface area contributed by atoms with Gasteiger partial charge in [0.25, 0.3) is 0 Å². The van der Waals surface area contributed by atoms with Crippen molar-refractivity contribution in [1.82, 2.24) is 5.32 Å². The van der Waals surface area contributed by atoms with Gasteiger partial charge in [-0.1, -0.05) is 12.1 Å². The van der Waals surface area contributed by atoms with Crippen molar-refractivity contribution in [3.05, 3.63) is 24.3 Å². The fourth-order valence-electron chi connectivity index (χ4n) is 2.04. The number of likely N-dealkylation sites (N-methyl/N-ethyl adjacent to an activating group) is 2. The molecule has 20 heavy (non-hydrogen) atoms. The number of benzene rings is 1. The van der Waals surface area contributed by atoms with E-state index in [0.29, 0.717) is 13.2 Å². The molecule has 1 aromatic rings. The SMILES string of the molecule is CCOC(=O)C(C)(CN(C)c1ccccc1OC)NC. The number of hydrogen-bond acceptors (Lipinski definition) is 5. The number of carbonyl (C=O) groups excluding carboxylic acids is 1. The molecule has 1 rings (SSSR count). The van der Waals surface area contributed by atoms with Crippen LogP contribution in [0.15, 0.2) is 24.3 Å². The Morgan fingerprint density at radius 2 is 2.05 bits per heavy atom. The number of carbonyl (C=O) groups is 1. The number of ether oxygens (including phenoxy) is 2. The molecule has 0 aromatic heterocycles. The molecule has 1 aromatic carbocycles. The zero-order valence-corrected chi connectivity index (χ0v) is 12.9. The Morgan fingerprint density at radius 1 is 1.40 bits per heavy atom. The number of esters is 1. The summed E-state index contributed by atoms with van der Waals surface area (Å²) in [6.45, 7) is 4.48. The smallest absolute Gasteiger partial charge is 0.327 e. The van der Waals surface area contributed by atoms with Gasteiger partial charge in [-0.25, -0.2) is 4.79 Å². The van der Waals surface area contributed by atoms with Crippen LogP contribution in [0.25, 0.3) is 0 Å². The van der Waals surface area contributed by atoms with Crippen LogP contribution in [-0.2, 0) is 9.53 Å². The molecular formula is C15H24N2O3. The Morgan fingerprint density at radius 3 is 2.60 bits per heavy atom. The summed E-state index contributed by atoms with van der Waals surface area (Å²) in [5.74, 6) is 0.515. The lowest BCUT2D eigenvalue weighted by Gasteiger charge is -2.33. The molecule has 0 saturated carbocycles. The van der Waals surface area contributed by atoms with Gasteiger partial charge in [-0.05, 0) is 33.0 Å². The summed E-state index contributed by atoms with van der Waals surface area (Å²) in [4.78, 5) is 14.1. The third-order valence-corrected chi connectivity index (χ3v) is 3.33. The van der Waals surface area contributed by atoms with Crippen LogP contribution in [0.5, 0.6) is 5.75 Å². The molecule has 0 amide bonds. The second kappa shape index (κ2) is 7.14. The number of anilines is 1. The van der Waals surface area contributed by atoms with Crippen LogP contribution >= 0.6 is 0 Å². The maximum atomic E-state index is 12.1. The van der Waals surface area contributed by atoms with Crippen LogP contribution in [-0.4, -0.2) is 45.9 Å². The van der Waals surface area contributed by atoms with Gasteiger partial charge in [0.1, 0.15) is 11.3 Å². The maximum Gasteiger partial charge on any atom is 0.327 e. The van der Waals surface area contributed by atoms with Gasteiger partial charge in [0.2, 0.25) is 0 Å². The lowest BCUT2D eigenvalue weighted by molar-refractivity contribution is -0.149. The van der Waals surface area contributed by atoms with Crippen LogP contribution in [0.3, 0.4) is 0 Å². The zero-order valence-electron chi connectivity index (χ0n) is 12.9. The summed E-state index contributed by atoms with van der Waals surface area (Å²) < 4.78 is 10.5. The Kier molecular flexibility index (Phi) is 5.82. The van der Waals surface area contributed by atoms with E-state index in [4.69, 9.17) is 9.47 Å². The number of rotatable bonds is 7. The first-order chi connectivity index (χ1) is 9.48. The van der Waals surface area contributed by atoms with Crippen molar-refractivity contribution in [2.24, 2.45) is 0 Å². The fourth-order valence-corrected chi connectivity index (χ4v) is 2.04. The number of nitrogens with zero attached hydrogens (tertiary/aromatic N) is 1. The molecule has 0 aliphatic rings. The van der Waals surface area contributed by atoms with Gasteiger partial charge in [-0.2, -0.15) is 0 Å². The van der Waals surface area contributed by atoms with E-state index in [0.717, 1.165) is 11.4 Å². The van der Waals surface area contributed by atoms with Gasteiger partial charge >= 0.3 is 5.97 Å². The molecule has 1 N–H and O–H groups in total. The molecule has 5 nitrogen and oxygen atoms in total. The zero-order chi connectivity index (χ0) is 15.2. The molecule has 112 valence electrons. The minimum Gasteiger partial charge on any atom is -0.495 e. The highest BCUT2D eigenvalue weighted by Crippen LogP contribution is 2.27.